The summed E-state index contributed by atoms with van der Waals surface area (Å²) in [5, 5.41) is 0. The van der Waals surface area contributed by atoms with Crippen molar-refractivity contribution in [3.8, 4) is 0 Å². The summed E-state index contributed by atoms with van der Waals surface area (Å²) in [6.07, 6.45) is 2.00. The Morgan fingerprint density at radius 2 is 2.07 bits per heavy atom. The monoisotopic (exact) mass is 221 g/mol. The van der Waals surface area contributed by atoms with Gasteiger partial charge in [-0.3, -0.25) is 4.79 Å². The van der Waals surface area contributed by atoms with E-state index in [1.54, 1.807) is 18.7 Å². The first-order valence-corrected chi connectivity index (χ1v) is 4.75. The van der Waals surface area contributed by atoms with E-state index in [0.29, 0.717) is 6.54 Å². The van der Waals surface area contributed by atoms with Gasteiger partial charge in [0.05, 0.1) is 5.54 Å². The maximum absolute atomic E-state index is 11.7. The zero-order chi connectivity index (χ0) is 10.1. The standard InChI is InChI=1S/C9H19N3O.ClH/c1-9(2,11)8(13)12-5-3-4-7(10)6-12;/h7H,3-6,10-11H2,1-2H3;1H/t7-;/m1./s1. The molecule has 0 spiro atoms. The second kappa shape index (κ2) is 4.96. The minimum absolute atomic E-state index is 0. The molecule has 1 saturated heterocycles. The average molecular weight is 222 g/mol. The van der Waals surface area contributed by atoms with Crippen LogP contribution in [0.5, 0.6) is 0 Å². The maximum Gasteiger partial charge on any atom is 0.242 e. The second-order valence-corrected chi connectivity index (χ2v) is 4.38. The fraction of sp³-hybridized carbons (Fsp3) is 0.889. The Morgan fingerprint density at radius 3 is 2.50 bits per heavy atom. The highest BCUT2D eigenvalue weighted by molar-refractivity contribution is 5.85. The van der Waals surface area contributed by atoms with Gasteiger partial charge >= 0.3 is 0 Å². The van der Waals surface area contributed by atoms with Crippen LogP contribution < -0.4 is 11.5 Å². The number of rotatable bonds is 1. The van der Waals surface area contributed by atoms with Crippen LogP contribution in [-0.2, 0) is 4.79 Å². The number of nitrogens with zero attached hydrogens (tertiary/aromatic N) is 1. The molecule has 0 bridgehead atoms. The summed E-state index contributed by atoms with van der Waals surface area (Å²) < 4.78 is 0. The van der Waals surface area contributed by atoms with Gasteiger partial charge in [0.25, 0.3) is 0 Å². The molecule has 0 aromatic rings. The topological polar surface area (TPSA) is 72.4 Å². The zero-order valence-electron chi connectivity index (χ0n) is 8.82. The van der Waals surface area contributed by atoms with Gasteiger partial charge in [-0.1, -0.05) is 0 Å². The fourth-order valence-electron chi connectivity index (χ4n) is 1.60. The number of carbonyl (C=O) groups is 1. The average Bonchev–Trinajstić information content (AvgIpc) is 2.01. The van der Waals surface area contributed by atoms with Gasteiger partial charge in [-0.05, 0) is 26.7 Å². The summed E-state index contributed by atoms with van der Waals surface area (Å²) in [6.45, 7) is 4.91. The summed E-state index contributed by atoms with van der Waals surface area (Å²) in [4.78, 5) is 13.5. The summed E-state index contributed by atoms with van der Waals surface area (Å²) in [5.74, 6) is 0.00245. The summed E-state index contributed by atoms with van der Waals surface area (Å²) in [6, 6.07) is 0.125. The van der Waals surface area contributed by atoms with Crippen LogP contribution in [0.25, 0.3) is 0 Å². The Hall–Kier alpha value is -0.320. The van der Waals surface area contributed by atoms with E-state index in [2.05, 4.69) is 0 Å². The molecule has 0 aliphatic carbocycles. The first-order valence-electron chi connectivity index (χ1n) is 4.75. The summed E-state index contributed by atoms with van der Waals surface area (Å²) in [7, 11) is 0. The van der Waals surface area contributed by atoms with Crippen molar-refractivity contribution < 1.29 is 4.79 Å². The van der Waals surface area contributed by atoms with Gasteiger partial charge in [0.2, 0.25) is 5.91 Å². The van der Waals surface area contributed by atoms with Crippen molar-refractivity contribution in [2.45, 2.75) is 38.3 Å². The summed E-state index contributed by atoms with van der Waals surface area (Å²) in [5.41, 5.74) is 10.7. The fourth-order valence-corrected chi connectivity index (χ4v) is 1.60. The molecule has 5 heteroatoms. The van der Waals surface area contributed by atoms with Gasteiger partial charge in [-0.15, -0.1) is 12.4 Å². The Kier molecular flexibility index (Phi) is 4.84. The highest BCUT2D eigenvalue weighted by Gasteiger charge is 2.30. The lowest BCUT2D eigenvalue weighted by Crippen LogP contribution is -2.55. The number of piperidine rings is 1. The molecule has 1 heterocycles. The molecule has 0 unspecified atom stereocenters. The molecular formula is C9H20ClN3O. The summed E-state index contributed by atoms with van der Waals surface area (Å²) >= 11 is 0. The van der Waals surface area contributed by atoms with Crippen molar-refractivity contribution in [3.63, 3.8) is 0 Å². The van der Waals surface area contributed by atoms with Gasteiger partial charge in [-0.2, -0.15) is 0 Å². The van der Waals surface area contributed by atoms with Crippen molar-refractivity contribution in [1.82, 2.24) is 4.90 Å². The molecule has 4 nitrogen and oxygen atoms in total. The molecule has 84 valence electrons. The minimum atomic E-state index is -0.767. The number of carbonyl (C=O) groups excluding carboxylic acids is 1. The molecule has 1 rings (SSSR count). The molecule has 1 aliphatic heterocycles. The SMILES string of the molecule is CC(C)(N)C(=O)N1CCC[C@@H](N)C1.Cl. The van der Waals surface area contributed by atoms with Crippen LogP contribution in [0.4, 0.5) is 0 Å². The van der Waals surface area contributed by atoms with E-state index in [0.717, 1.165) is 19.4 Å². The Labute approximate surface area is 91.4 Å². The first kappa shape index (κ1) is 13.7. The predicted molar refractivity (Wildman–Crippen MR) is 59.3 cm³/mol. The maximum atomic E-state index is 11.7. The van der Waals surface area contributed by atoms with Crippen molar-refractivity contribution >= 4 is 18.3 Å². The lowest BCUT2D eigenvalue weighted by atomic mass is 10.0. The number of likely N-dealkylation sites (tertiary alicyclic amines) is 1. The van der Waals surface area contributed by atoms with Crippen LogP contribution in [-0.4, -0.2) is 35.5 Å². The lowest BCUT2D eigenvalue weighted by molar-refractivity contribution is -0.137. The molecule has 1 amide bonds. The minimum Gasteiger partial charge on any atom is -0.340 e. The van der Waals surface area contributed by atoms with E-state index in [9.17, 15) is 4.79 Å². The van der Waals surface area contributed by atoms with E-state index in [1.807, 2.05) is 0 Å². The normalized spacial score (nSPS) is 22.9. The highest BCUT2D eigenvalue weighted by Crippen LogP contribution is 2.12. The van der Waals surface area contributed by atoms with Gasteiger partial charge in [0.15, 0.2) is 0 Å². The van der Waals surface area contributed by atoms with Gasteiger partial charge in [0.1, 0.15) is 0 Å². The van der Waals surface area contributed by atoms with Gasteiger partial charge in [-0.25, -0.2) is 0 Å². The molecule has 1 aliphatic rings. The van der Waals surface area contributed by atoms with Crippen LogP contribution in [0.15, 0.2) is 0 Å². The quantitative estimate of drug-likeness (QED) is 0.660. The first-order chi connectivity index (χ1) is 5.91. The Bertz CT molecular complexity index is 203. The van der Waals surface area contributed by atoms with Crippen LogP contribution in [0.2, 0.25) is 0 Å². The molecule has 4 N–H and O–H groups in total. The molecule has 1 fully saturated rings. The number of hydrogen-bond donors (Lipinski definition) is 2. The van der Waals surface area contributed by atoms with Crippen LogP contribution in [0.1, 0.15) is 26.7 Å². The Balaban J connectivity index is 0.00000169. The lowest BCUT2D eigenvalue weighted by Gasteiger charge is -2.34. The van der Waals surface area contributed by atoms with E-state index >= 15 is 0 Å². The van der Waals surface area contributed by atoms with Crippen molar-refractivity contribution in [2.24, 2.45) is 11.5 Å². The molecule has 0 aromatic heterocycles. The second-order valence-electron chi connectivity index (χ2n) is 4.38. The predicted octanol–water partition coefficient (Wildman–Crippen LogP) is 0.0952. The van der Waals surface area contributed by atoms with Crippen molar-refractivity contribution in [3.05, 3.63) is 0 Å². The van der Waals surface area contributed by atoms with Crippen LogP contribution in [0, 0.1) is 0 Å². The number of hydrogen-bond acceptors (Lipinski definition) is 3. The van der Waals surface area contributed by atoms with E-state index < -0.39 is 5.54 Å². The number of halogens is 1. The number of nitrogens with two attached hydrogens (primary N) is 2. The van der Waals surface area contributed by atoms with Gasteiger partial charge < -0.3 is 16.4 Å². The zero-order valence-corrected chi connectivity index (χ0v) is 9.64. The van der Waals surface area contributed by atoms with Crippen LogP contribution >= 0.6 is 12.4 Å². The largest absolute Gasteiger partial charge is 0.340 e. The highest BCUT2D eigenvalue weighted by atomic mass is 35.5. The molecular weight excluding hydrogens is 202 g/mol. The smallest absolute Gasteiger partial charge is 0.242 e. The van der Waals surface area contributed by atoms with Crippen LogP contribution in [0.3, 0.4) is 0 Å². The third-order valence-electron chi connectivity index (χ3n) is 2.30. The molecule has 1 atom stereocenters. The van der Waals surface area contributed by atoms with Gasteiger partial charge in [0, 0.05) is 19.1 Å². The molecule has 0 aromatic carbocycles. The molecule has 0 radical (unpaired) electrons. The van der Waals surface area contributed by atoms with E-state index in [1.165, 1.54) is 0 Å². The molecule has 0 saturated carbocycles. The molecule has 14 heavy (non-hydrogen) atoms. The van der Waals surface area contributed by atoms with E-state index in [4.69, 9.17) is 11.5 Å². The number of amides is 1. The third kappa shape index (κ3) is 3.44. The van der Waals surface area contributed by atoms with Crippen molar-refractivity contribution in [1.29, 1.82) is 0 Å². The third-order valence-corrected chi connectivity index (χ3v) is 2.30. The van der Waals surface area contributed by atoms with E-state index in [-0.39, 0.29) is 24.4 Å². The van der Waals surface area contributed by atoms with Crippen molar-refractivity contribution in [2.75, 3.05) is 13.1 Å². The Morgan fingerprint density at radius 1 is 1.50 bits per heavy atom.